The summed E-state index contributed by atoms with van der Waals surface area (Å²) in [6, 6.07) is 6.92. The van der Waals surface area contributed by atoms with Crippen molar-refractivity contribution >= 4 is 32.6 Å². The first-order valence-electron chi connectivity index (χ1n) is 9.75. The summed E-state index contributed by atoms with van der Waals surface area (Å²) in [6.07, 6.45) is 9.21. The molecule has 160 valence electrons. The molecule has 7 heteroatoms. The van der Waals surface area contributed by atoms with Gasteiger partial charge in [0, 0.05) is 23.3 Å². The summed E-state index contributed by atoms with van der Waals surface area (Å²) in [5, 5.41) is 1.07. The first-order chi connectivity index (χ1) is 14.2. The minimum absolute atomic E-state index is 0.304. The lowest BCUT2D eigenvalue weighted by Crippen LogP contribution is -2.15. The zero-order valence-electron chi connectivity index (χ0n) is 18.0. The standard InChI is InChI=1S/C23H29N3O2S2/c1-6-9-19(25-23(24)22-17(4)29-21(26-22)10-7-2)14-13-16(3)18-11-8-12-20(15-18)30(5,27)28/h6,8-9,11-13,15H,1,7,10,14H2,2-5H3,(H2,24,25)/b16-13+,19-9+. The molecule has 0 aliphatic rings. The van der Waals surface area contributed by atoms with Crippen LogP contribution in [0, 0.1) is 6.92 Å². The van der Waals surface area contributed by atoms with Crippen LogP contribution in [0.4, 0.5) is 0 Å². The van der Waals surface area contributed by atoms with E-state index in [0.29, 0.717) is 17.2 Å². The van der Waals surface area contributed by atoms with Gasteiger partial charge in [-0.2, -0.15) is 0 Å². The summed E-state index contributed by atoms with van der Waals surface area (Å²) in [4.78, 5) is 10.6. The van der Waals surface area contributed by atoms with Gasteiger partial charge in [-0.05, 0) is 56.0 Å². The Morgan fingerprint density at radius 2 is 2.10 bits per heavy atom. The molecule has 0 bridgehead atoms. The number of thiazole rings is 1. The Labute approximate surface area is 183 Å². The van der Waals surface area contributed by atoms with Gasteiger partial charge in [0.25, 0.3) is 0 Å². The minimum Gasteiger partial charge on any atom is -0.382 e. The second-order valence-corrected chi connectivity index (χ2v) is 10.3. The van der Waals surface area contributed by atoms with Crippen molar-refractivity contribution in [3.63, 3.8) is 0 Å². The number of rotatable bonds is 9. The van der Waals surface area contributed by atoms with E-state index in [9.17, 15) is 8.42 Å². The van der Waals surface area contributed by atoms with Crippen molar-refractivity contribution in [1.29, 1.82) is 0 Å². The number of sulfone groups is 1. The highest BCUT2D eigenvalue weighted by Gasteiger charge is 2.11. The monoisotopic (exact) mass is 443 g/mol. The van der Waals surface area contributed by atoms with Gasteiger partial charge < -0.3 is 5.73 Å². The fraction of sp³-hybridized carbons (Fsp3) is 0.304. The predicted molar refractivity (Wildman–Crippen MR) is 128 cm³/mol. The van der Waals surface area contributed by atoms with E-state index in [1.165, 1.54) is 6.26 Å². The van der Waals surface area contributed by atoms with Gasteiger partial charge in [-0.1, -0.05) is 37.8 Å². The Bertz CT molecular complexity index is 1110. The predicted octanol–water partition coefficient (Wildman–Crippen LogP) is 5.08. The molecule has 30 heavy (non-hydrogen) atoms. The molecule has 0 radical (unpaired) electrons. The van der Waals surface area contributed by atoms with Crippen LogP contribution in [0.5, 0.6) is 0 Å². The Hall–Kier alpha value is -2.51. The highest BCUT2D eigenvalue weighted by molar-refractivity contribution is 7.90. The maximum absolute atomic E-state index is 11.8. The highest BCUT2D eigenvalue weighted by atomic mass is 32.2. The number of aromatic nitrogens is 1. The smallest absolute Gasteiger partial charge is 0.175 e. The molecular formula is C23H29N3O2S2. The van der Waals surface area contributed by atoms with Gasteiger partial charge in [-0.3, -0.25) is 0 Å². The number of amidine groups is 1. The van der Waals surface area contributed by atoms with Crippen molar-refractivity contribution in [1.82, 2.24) is 4.98 Å². The number of aryl methyl sites for hydroxylation is 2. The number of hydrogen-bond acceptors (Lipinski definition) is 5. The van der Waals surface area contributed by atoms with Gasteiger partial charge in [-0.25, -0.2) is 18.4 Å². The van der Waals surface area contributed by atoms with Crippen molar-refractivity contribution in [3.8, 4) is 0 Å². The summed E-state index contributed by atoms with van der Waals surface area (Å²) in [5.41, 5.74) is 9.56. The molecule has 1 aromatic carbocycles. The molecule has 0 saturated heterocycles. The van der Waals surface area contributed by atoms with Crippen LogP contribution < -0.4 is 5.73 Å². The van der Waals surface area contributed by atoms with Gasteiger partial charge in [0.15, 0.2) is 15.7 Å². The first kappa shape index (κ1) is 23.8. The second-order valence-electron chi connectivity index (χ2n) is 7.04. The Kier molecular flexibility index (Phi) is 8.32. The second kappa shape index (κ2) is 10.5. The quantitative estimate of drug-likeness (QED) is 0.333. The first-order valence-corrected chi connectivity index (χ1v) is 12.5. The van der Waals surface area contributed by atoms with Crippen LogP contribution in [0.1, 0.15) is 47.8 Å². The molecule has 0 spiro atoms. The lowest BCUT2D eigenvalue weighted by Gasteiger charge is -2.06. The zero-order chi connectivity index (χ0) is 22.3. The summed E-state index contributed by atoms with van der Waals surface area (Å²) < 4.78 is 23.6. The molecule has 2 aromatic rings. The Morgan fingerprint density at radius 3 is 2.73 bits per heavy atom. The number of nitrogens with zero attached hydrogens (tertiary/aromatic N) is 2. The van der Waals surface area contributed by atoms with Crippen molar-refractivity contribution in [2.24, 2.45) is 10.7 Å². The fourth-order valence-corrected chi connectivity index (χ4v) is 4.56. The van der Waals surface area contributed by atoms with E-state index < -0.39 is 9.84 Å². The molecule has 0 amide bonds. The minimum atomic E-state index is -3.25. The Balaban J connectivity index is 2.27. The van der Waals surface area contributed by atoms with Crippen LogP contribution in [-0.4, -0.2) is 25.5 Å². The maximum Gasteiger partial charge on any atom is 0.175 e. The third kappa shape index (κ3) is 6.50. The Morgan fingerprint density at radius 1 is 1.37 bits per heavy atom. The van der Waals surface area contributed by atoms with E-state index in [-0.39, 0.29) is 0 Å². The highest BCUT2D eigenvalue weighted by Crippen LogP contribution is 2.22. The van der Waals surface area contributed by atoms with Crippen molar-refractivity contribution in [3.05, 3.63) is 75.9 Å². The van der Waals surface area contributed by atoms with Crippen LogP contribution in [0.25, 0.3) is 5.57 Å². The summed E-state index contributed by atoms with van der Waals surface area (Å²) in [6.45, 7) is 9.84. The number of aliphatic imine (C=N–C) groups is 1. The van der Waals surface area contributed by atoms with Crippen molar-refractivity contribution in [2.75, 3.05) is 6.26 Å². The lowest BCUT2D eigenvalue weighted by atomic mass is 10.1. The molecule has 1 heterocycles. The van der Waals surface area contributed by atoms with Crippen LogP contribution in [0.2, 0.25) is 0 Å². The molecule has 0 aliphatic carbocycles. The van der Waals surface area contributed by atoms with E-state index >= 15 is 0 Å². The van der Waals surface area contributed by atoms with Crippen molar-refractivity contribution in [2.45, 2.75) is 44.9 Å². The largest absolute Gasteiger partial charge is 0.382 e. The van der Waals surface area contributed by atoms with Gasteiger partial charge in [0.2, 0.25) is 0 Å². The normalized spacial score (nSPS) is 13.5. The average molecular weight is 444 g/mol. The van der Waals surface area contributed by atoms with Crippen LogP contribution in [0.3, 0.4) is 0 Å². The number of hydrogen-bond donors (Lipinski definition) is 1. The average Bonchev–Trinajstić information content (AvgIpc) is 3.06. The maximum atomic E-state index is 11.8. The summed E-state index contributed by atoms with van der Waals surface area (Å²) in [5.74, 6) is 0.393. The van der Waals surface area contributed by atoms with E-state index in [4.69, 9.17) is 5.73 Å². The molecule has 5 nitrogen and oxygen atoms in total. The number of allylic oxidation sites excluding steroid dienone is 4. The molecule has 2 rings (SSSR count). The van der Waals surface area contributed by atoms with Crippen LogP contribution >= 0.6 is 11.3 Å². The van der Waals surface area contributed by atoms with E-state index in [1.807, 2.05) is 32.1 Å². The molecular weight excluding hydrogens is 414 g/mol. The van der Waals surface area contributed by atoms with E-state index in [2.05, 4.69) is 23.5 Å². The molecule has 0 saturated carbocycles. The van der Waals surface area contributed by atoms with Gasteiger partial charge in [-0.15, -0.1) is 11.3 Å². The van der Waals surface area contributed by atoms with E-state index in [1.54, 1.807) is 35.6 Å². The molecule has 0 atom stereocenters. The fourth-order valence-electron chi connectivity index (χ4n) is 2.85. The van der Waals surface area contributed by atoms with Gasteiger partial charge in [0.1, 0.15) is 5.69 Å². The number of benzene rings is 1. The molecule has 1 aromatic heterocycles. The third-order valence-electron chi connectivity index (χ3n) is 4.46. The summed E-state index contributed by atoms with van der Waals surface area (Å²) >= 11 is 1.65. The lowest BCUT2D eigenvalue weighted by molar-refractivity contribution is 0.602. The zero-order valence-corrected chi connectivity index (χ0v) is 19.6. The number of nitrogens with two attached hydrogens (primary N) is 1. The van der Waals surface area contributed by atoms with Crippen LogP contribution in [0.15, 0.2) is 64.7 Å². The topological polar surface area (TPSA) is 85.4 Å². The van der Waals surface area contributed by atoms with Gasteiger partial charge >= 0.3 is 0 Å². The molecule has 0 unspecified atom stereocenters. The molecule has 0 aliphatic heterocycles. The summed E-state index contributed by atoms with van der Waals surface area (Å²) in [7, 11) is -3.25. The third-order valence-corrected chi connectivity index (χ3v) is 6.60. The van der Waals surface area contributed by atoms with Gasteiger partial charge in [0.05, 0.1) is 9.90 Å². The van der Waals surface area contributed by atoms with Crippen molar-refractivity contribution < 1.29 is 8.42 Å². The SMILES string of the molecule is C=C/C=C(\C/C=C(\C)c1cccc(S(C)(=O)=O)c1)N=C(N)c1nc(CCC)sc1C. The molecule has 2 N–H and O–H groups in total. The molecule has 0 fully saturated rings. The van der Waals surface area contributed by atoms with Crippen LogP contribution in [-0.2, 0) is 16.3 Å². The van der Waals surface area contributed by atoms with E-state index in [0.717, 1.165) is 45.3 Å².